The molecule has 162 valence electrons. The predicted molar refractivity (Wildman–Crippen MR) is 128 cm³/mol. The van der Waals surface area contributed by atoms with Gasteiger partial charge in [0.25, 0.3) is 0 Å². The smallest absolute Gasteiger partial charge is 0.129 e. The Morgan fingerprint density at radius 3 is 2.72 bits per heavy atom. The molecule has 0 aliphatic heterocycles. The number of rotatable bonds is 9. The minimum atomic E-state index is 0.557. The highest BCUT2D eigenvalue weighted by atomic mass is 16.5. The van der Waals surface area contributed by atoms with Gasteiger partial charge in [-0.05, 0) is 66.8 Å². The first-order valence-electron chi connectivity index (χ1n) is 10.4. The monoisotopic (exact) mass is 426 g/mol. The highest BCUT2D eigenvalue weighted by Crippen LogP contribution is 2.26. The maximum Gasteiger partial charge on any atom is 0.129 e. The molecule has 0 spiro atoms. The average Bonchev–Trinajstić information content (AvgIpc) is 3.45. The van der Waals surface area contributed by atoms with E-state index in [0.717, 1.165) is 46.3 Å². The Morgan fingerprint density at radius 2 is 1.94 bits per heavy atom. The lowest BCUT2D eigenvalue weighted by molar-refractivity contribution is 0.317. The van der Waals surface area contributed by atoms with Crippen molar-refractivity contribution < 1.29 is 9.47 Å². The lowest BCUT2D eigenvalue weighted by Crippen LogP contribution is -2.03. The number of H-pyrrole nitrogens is 1. The van der Waals surface area contributed by atoms with Crippen LogP contribution in [0.25, 0.3) is 24.3 Å². The number of nitrogens with one attached hydrogen (secondary N) is 1. The Balaban J connectivity index is 1.37. The van der Waals surface area contributed by atoms with Gasteiger partial charge in [0.1, 0.15) is 11.5 Å². The van der Waals surface area contributed by atoms with Gasteiger partial charge in [0.15, 0.2) is 0 Å². The van der Waals surface area contributed by atoms with Crippen molar-refractivity contribution >= 4 is 24.3 Å². The number of pyridine rings is 1. The Bertz CT molecular complexity index is 1210. The van der Waals surface area contributed by atoms with E-state index in [9.17, 15) is 0 Å². The topological polar surface area (TPSA) is 65.0 Å². The molecule has 0 amide bonds. The van der Waals surface area contributed by atoms with E-state index in [1.165, 1.54) is 0 Å². The number of benzene rings is 1. The number of nitrogens with zero attached hydrogens (tertiary/aromatic N) is 3. The van der Waals surface area contributed by atoms with Crippen molar-refractivity contribution in [2.45, 2.75) is 6.42 Å². The van der Waals surface area contributed by atoms with Crippen LogP contribution in [0.4, 0.5) is 0 Å². The van der Waals surface area contributed by atoms with Crippen molar-refractivity contribution in [3.8, 4) is 11.5 Å². The molecule has 0 fully saturated rings. The lowest BCUT2D eigenvalue weighted by Gasteiger charge is -2.10. The number of aryl methyl sites for hydroxylation is 1. The largest absolute Gasteiger partial charge is 0.496 e. The normalized spacial score (nSPS) is 11.4. The maximum absolute atomic E-state index is 5.87. The van der Waals surface area contributed by atoms with E-state index in [1.54, 1.807) is 13.3 Å². The summed E-state index contributed by atoms with van der Waals surface area (Å²) in [7, 11) is 3.68. The van der Waals surface area contributed by atoms with Crippen LogP contribution in [0, 0.1) is 0 Å². The second kappa shape index (κ2) is 10.3. The van der Waals surface area contributed by atoms with Crippen molar-refractivity contribution in [1.82, 2.24) is 19.7 Å². The van der Waals surface area contributed by atoms with Crippen molar-refractivity contribution in [3.05, 3.63) is 95.3 Å². The fraction of sp³-hybridized carbons (Fsp3) is 0.154. The highest BCUT2D eigenvalue weighted by Gasteiger charge is 2.04. The van der Waals surface area contributed by atoms with E-state index < -0.39 is 0 Å². The molecule has 0 bridgehead atoms. The molecule has 32 heavy (non-hydrogen) atoms. The number of aromatic nitrogens is 4. The molecule has 0 saturated heterocycles. The van der Waals surface area contributed by atoms with Gasteiger partial charge in [-0.15, -0.1) is 0 Å². The molecular formula is C26H26N4O2. The number of hydrogen-bond donors (Lipinski definition) is 1. The molecule has 0 aliphatic rings. The summed E-state index contributed by atoms with van der Waals surface area (Å²) in [5, 5.41) is 7.40. The molecule has 0 aliphatic carbocycles. The summed E-state index contributed by atoms with van der Waals surface area (Å²) in [6.45, 7) is 0.557. The van der Waals surface area contributed by atoms with Gasteiger partial charge in [0, 0.05) is 48.9 Å². The minimum Gasteiger partial charge on any atom is -0.496 e. The van der Waals surface area contributed by atoms with Crippen LogP contribution < -0.4 is 9.47 Å². The van der Waals surface area contributed by atoms with Crippen LogP contribution in [0.15, 0.2) is 67.0 Å². The summed E-state index contributed by atoms with van der Waals surface area (Å²) >= 11 is 0. The van der Waals surface area contributed by atoms with Gasteiger partial charge < -0.3 is 14.0 Å². The summed E-state index contributed by atoms with van der Waals surface area (Å²) in [5.41, 5.74) is 4.87. The standard InChI is InChI=1S/C26H26N4O2/c1-30-16-5-7-24(30)12-11-23-18-22(28-29-23)10-8-20-9-13-25(19-26(20)31-2)32-17-14-21-6-3-4-15-27-21/h3-13,15-16,18-19H,14,17H2,1-2H3,(H,28,29)/b10-8?,12-11+. The molecule has 1 aromatic carbocycles. The van der Waals surface area contributed by atoms with Crippen LogP contribution in [0.2, 0.25) is 0 Å². The number of methoxy groups -OCH3 is 1. The van der Waals surface area contributed by atoms with Crippen LogP contribution in [-0.2, 0) is 13.5 Å². The molecule has 3 aromatic heterocycles. The first-order chi connectivity index (χ1) is 15.7. The molecule has 6 heteroatoms. The molecule has 0 saturated carbocycles. The fourth-order valence-corrected chi connectivity index (χ4v) is 3.26. The Hall–Kier alpha value is -4.06. The SMILES string of the molecule is COc1cc(OCCc2ccccn2)ccc1C=Cc1cc(/C=C/c2cccn2C)[nH]n1. The van der Waals surface area contributed by atoms with Gasteiger partial charge in [0.05, 0.1) is 25.1 Å². The Labute approximate surface area is 187 Å². The van der Waals surface area contributed by atoms with Gasteiger partial charge in [-0.1, -0.05) is 6.07 Å². The zero-order chi connectivity index (χ0) is 22.2. The van der Waals surface area contributed by atoms with Crippen molar-refractivity contribution in [3.63, 3.8) is 0 Å². The van der Waals surface area contributed by atoms with Crippen molar-refractivity contribution in [2.75, 3.05) is 13.7 Å². The zero-order valence-electron chi connectivity index (χ0n) is 18.2. The lowest BCUT2D eigenvalue weighted by atomic mass is 10.1. The van der Waals surface area contributed by atoms with E-state index in [4.69, 9.17) is 9.47 Å². The van der Waals surface area contributed by atoms with Gasteiger partial charge in [-0.3, -0.25) is 10.1 Å². The summed E-state index contributed by atoms with van der Waals surface area (Å²) in [6, 6.07) is 17.8. The molecule has 0 unspecified atom stereocenters. The maximum atomic E-state index is 5.87. The van der Waals surface area contributed by atoms with E-state index in [1.807, 2.05) is 80.0 Å². The second-order valence-corrected chi connectivity index (χ2v) is 7.28. The highest BCUT2D eigenvalue weighted by molar-refractivity contribution is 5.73. The molecule has 4 aromatic rings. The fourth-order valence-electron chi connectivity index (χ4n) is 3.26. The molecule has 3 heterocycles. The van der Waals surface area contributed by atoms with E-state index in [2.05, 4.69) is 31.9 Å². The van der Waals surface area contributed by atoms with E-state index in [-0.39, 0.29) is 0 Å². The number of aromatic amines is 1. The van der Waals surface area contributed by atoms with Crippen LogP contribution in [0.5, 0.6) is 11.5 Å². The number of hydrogen-bond acceptors (Lipinski definition) is 4. The van der Waals surface area contributed by atoms with E-state index in [0.29, 0.717) is 6.61 Å². The quantitative estimate of drug-likeness (QED) is 0.404. The van der Waals surface area contributed by atoms with Gasteiger partial charge in [-0.25, -0.2) is 0 Å². The summed E-state index contributed by atoms with van der Waals surface area (Å²) in [5.74, 6) is 1.51. The molecule has 6 nitrogen and oxygen atoms in total. The van der Waals surface area contributed by atoms with Gasteiger partial charge in [-0.2, -0.15) is 5.10 Å². The van der Waals surface area contributed by atoms with Crippen LogP contribution in [0.1, 0.15) is 28.3 Å². The third-order valence-corrected chi connectivity index (χ3v) is 5.03. The van der Waals surface area contributed by atoms with Crippen LogP contribution in [0.3, 0.4) is 0 Å². The third kappa shape index (κ3) is 5.55. The summed E-state index contributed by atoms with van der Waals surface area (Å²) in [4.78, 5) is 4.31. The molecule has 1 N–H and O–H groups in total. The minimum absolute atomic E-state index is 0.557. The van der Waals surface area contributed by atoms with Crippen LogP contribution in [-0.4, -0.2) is 33.5 Å². The zero-order valence-corrected chi connectivity index (χ0v) is 18.2. The predicted octanol–water partition coefficient (Wildman–Crippen LogP) is 5.11. The third-order valence-electron chi connectivity index (χ3n) is 5.03. The molecule has 4 rings (SSSR count). The second-order valence-electron chi connectivity index (χ2n) is 7.28. The van der Waals surface area contributed by atoms with Gasteiger partial charge in [0.2, 0.25) is 0 Å². The van der Waals surface area contributed by atoms with Crippen molar-refractivity contribution in [2.24, 2.45) is 7.05 Å². The van der Waals surface area contributed by atoms with Crippen LogP contribution >= 0.6 is 0 Å². The summed E-state index contributed by atoms with van der Waals surface area (Å²) in [6.07, 6.45) is 12.6. The summed E-state index contributed by atoms with van der Waals surface area (Å²) < 4.78 is 13.5. The molecule has 0 radical (unpaired) electrons. The van der Waals surface area contributed by atoms with Gasteiger partial charge >= 0.3 is 0 Å². The first kappa shape index (κ1) is 21.2. The average molecular weight is 427 g/mol. The number of ether oxygens (including phenoxy) is 2. The Kier molecular flexibility index (Phi) is 6.82. The molecular weight excluding hydrogens is 400 g/mol. The van der Waals surface area contributed by atoms with Crippen molar-refractivity contribution in [1.29, 1.82) is 0 Å². The first-order valence-corrected chi connectivity index (χ1v) is 10.4. The Morgan fingerprint density at radius 1 is 1.00 bits per heavy atom. The van der Waals surface area contributed by atoms with E-state index >= 15 is 0 Å². The molecule has 0 atom stereocenters.